The Morgan fingerprint density at radius 2 is 1.96 bits per heavy atom. The molecule has 0 spiro atoms. The zero-order valence-electron chi connectivity index (χ0n) is 13.1. The third-order valence-corrected chi connectivity index (χ3v) is 4.27. The van der Waals surface area contributed by atoms with Crippen molar-refractivity contribution in [3.63, 3.8) is 0 Å². The number of hydrogen-bond donors (Lipinski definition) is 2. The number of hydrogen-bond acceptors (Lipinski definition) is 4. The van der Waals surface area contributed by atoms with Crippen LogP contribution in [-0.4, -0.2) is 27.8 Å². The first-order valence-electron chi connectivity index (χ1n) is 7.52. The van der Waals surface area contributed by atoms with E-state index in [1.807, 2.05) is 54.6 Å². The van der Waals surface area contributed by atoms with E-state index in [4.69, 9.17) is 11.6 Å². The van der Waals surface area contributed by atoms with E-state index in [-0.39, 0.29) is 11.7 Å². The third kappa shape index (κ3) is 5.20. The molecule has 0 aliphatic carbocycles. The summed E-state index contributed by atoms with van der Waals surface area (Å²) >= 11 is 7.37. The Kier molecular flexibility index (Phi) is 5.87. The lowest BCUT2D eigenvalue weighted by Gasteiger charge is -1.97. The fourth-order valence-electron chi connectivity index (χ4n) is 2.08. The van der Waals surface area contributed by atoms with Crippen LogP contribution in [0.5, 0.6) is 0 Å². The Hall–Kier alpha value is -2.57. The Morgan fingerprint density at radius 1 is 1.20 bits per heavy atom. The monoisotopic (exact) mass is 370 g/mol. The van der Waals surface area contributed by atoms with E-state index in [0.717, 1.165) is 16.6 Å². The maximum Gasteiger partial charge on any atom is 0.250 e. The Labute approximate surface area is 154 Å². The van der Waals surface area contributed by atoms with Gasteiger partial charge in [-0.05, 0) is 23.8 Å². The molecule has 1 aromatic heterocycles. The van der Waals surface area contributed by atoms with Crippen molar-refractivity contribution in [2.24, 2.45) is 5.10 Å². The summed E-state index contributed by atoms with van der Waals surface area (Å²) in [5.41, 5.74) is 5.23. The number of thioether (sulfide) groups is 1. The molecule has 2 N–H and O–H groups in total. The highest BCUT2D eigenvalue weighted by atomic mass is 35.5. The molecule has 3 aromatic rings. The second-order valence-corrected chi connectivity index (χ2v) is 6.48. The van der Waals surface area contributed by atoms with Gasteiger partial charge in [0.05, 0.1) is 28.0 Å². The fourth-order valence-corrected chi connectivity index (χ4v) is 2.93. The van der Waals surface area contributed by atoms with E-state index < -0.39 is 0 Å². The summed E-state index contributed by atoms with van der Waals surface area (Å²) in [5.74, 6) is -0.0251. The molecule has 0 aliphatic rings. The van der Waals surface area contributed by atoms with Crippen molar-refractivity contribution in [1.29, 1.82) is 0 Å². The molecule has 2 aromatic carbocycles. The van der Waals surface area contributed by atoms with Gasteiger partial charge in [-0.1, -0.05) is 65.8 Å². The van der Waals surface area contributed by atoms with E-state index in [1.54, 1.807) is 6.08 Å². The highest BCUT2D eigenvalue weighted by Crippen LogP contribution is 2.18. The molecule has 0 unspecified atom stereocenters. The first-order chi connectivity index (χ1) is 12.2. The molecule has 0 saturated carbocycles. The number of allylic oxidation sites excluding steroid dienone is 1. The normalized spacial score (nSPS) is 12.0. The smallest absolute Gasteiger partial charge is 0.250 e. The van der Waals surface area contributed by atoms with Crippen LogP contribution in [0.4, 0.5) is 0 Å². The lowest BCUT2D eigenvalue weighted by molar-refractivity contribution is -0.118. The quantitative estimate of drug-likeness (QED) is 0.391. The SMILES string of the molecule is O=C(CSc1nc2ccccc2[nH]1)N/N=C\C(Cl)=C/c1ccccc1. The average Bonchev–Trinajstić information content (AvgIpc) is 3.04. The van der Waals surface area contributed by atoms with Gasteiger partial charge in [0, 0.05) is 0 Å². The van der Waals surface area contributed by atoms with Crippen LogP contribution in [0.1, 0.15) is 5.56 Å². The number of imidazole rings is 1. The Balaban J connectivity index is 1.48. The minimum atomic E-state index is -0.231. The van der Waals surface area contributed by atoms with E-state index in [2.05, 4.69) is 20.5 Å². The molecule has 0 saturated heterocycles. The van der Waals surface area contributed by atoms with Crippen LogP contribution in [0.3, 0.4) is 0 Å². The van der Waals surface area contributed by atoms with Crippen LogP contribution in [0, 0.1) is 0 Å². The zero-order chi connectivity index (χ0) is 17.5. The van der Waals surface area contributed by atoms with Crippen molar-refractivity contribution in [1.82, 2.24) is 15.4 Å². The Bertz CT molecular complexity index is 888. The summed E-state index contributed by atoms with van der Waals surface area (Å²) in [5, 5.41) is 4.98. The van der Waals surface area contributed by atoms with Crippen LogP contribution in [0.15, 0.2) is 69.9 Å². The van der Waals surface area contributed by atoms with Crippen LogP contribution in [0.25, 0.3) is 17.1 Å². The number of nitrogens with zero attached hydrogens (tertiary/aromatic N) is 2. The highest BCUT2D eigenvalue weighted by Gasteiger charge is 2.06. The summed E-state index contributed by atoms with van der Waals surface area (Å²) in [6, 6.07) is 17.3. The summed E-state index contributed by atoms with van der Waals surface area (Å²) in [6.07, 6.45) is 3.17. The van der Waals surface area contributed by atoms with Crippen molar-refractivity contribution in [2.75, 3.05) is 5.75 Å². The van der Waals surface area contributed by atoms with Gasteiger partial charge in [-0.15, -0.1) is 0 Å². The topological polar surface area (TPSA) is 70.1 Å². The number of H-pyrrole nitrogens is 1. The second-order valence-electron chi connectivity index (χ2n) is 5.08. The van der Waals surface area contributed by atoms with Gasteiger partial charge in [0.1, 0.15) is 0 Å². The van der Waals surface area contributed by atoms with Crippen LogP contribution in [0.2, 0.25) is 0 Å². The van der Waals surface area contributed by atoms with Gasteiger partial charge < -0.3 is 4.98 Å². The number of amides is 1. The van der Waals surface area contributed by atoms with Gasteiger partial charge in [-0.3, -0.25) is 4.79 Å². The lowest BCUT2D eigenvalue weighted by Crippen LogP contribution is -2.19. The lowest BCUT2D eigenvalue weighted by atomic mass is 10.2. The molecule has 7 heteroatoms. The maximum absolute atomic E-state index is 11.8. The molecule has 5 nitrogen and oxygen atoms in total. The molecule has 0 aliphatic heterocycles. The molecular formula is C18H15ClN4OS. The number of aromatic nitrogens is 2. The number of hydrazone groups is 1. The number of rotatable bonds is 6. The number of fused-ring (bicyclic) bond motifs is 1. The molecule has 0 fully saturated rings. The maximum atomic E-state index is 11.8. The summed E-state index contributed by atoms with van der Waals surface area (Å²) < 4.78 is 0. The van der Waals surface area contributed by atoms with Crippen LogP contribution in [-0.2, 0) is 4.79 Å². The molecule has 0 atom stereocenters. The molecular weight excluding hydrogens is 356 g/mol. The van der Waals surface area contributed by atoms with Gasteiger partial charge in [-0.25, -0.2) is 10.4 Å². The first-order valence-corrected chi connectivity index (χ1v) is 8.89. The molecule has 25 heavy (non-hydrogen) atoms. The minimum absolute atomic E-state index is 0.206. The number of nitrogens with one attached hydrogen (secondary N) is 2. The predicted molar refractivity (Wildman–Crippen MR) is 104 cm³/mol. The minimum Gasteiger partial charge on any atom is -0.333 e. The van der Waals surface area contributed by atoms with Crippen LogP contribution < -0.4 is 5.43 Å². The second kappa shape index (κ2) is 8.50. The van der Waals surface area contributed by atoms with Gasteiger partial charge in [0.15, 0.2) is 5.16 Å². The van der Waals surface area contributed by atoms with Crippen LogP contribution >= 0.6 is 23.4 Å². The molecule has 0 bridgehead atoms. The predicted octanol–water partition coefficient (Wildman–Crippen LogP) is 4.04. The molecule has 0 radical (unpaired) electrons. The van der Waals surface area contributed by atoms with Crippen molar-refractivity contribution >= 4 is 52.6 Å². The first kappa shape index (κ1) is 17.3. The zero-order valence-corrected chi connectivity index (χ0v) is 14.7. The summed E-state index contributed by atoms with van der Waals surface area (Å²) in [7, 11) is 0. The molecule has 126 valence electrons. The third-order valence-electron chi connectivity index (χ3n) is 3.19. The van der Waals surface area contributed by atoms with Crippen molar-refractivity contribution in [2.45, 2.75) is 5.16 Å². The van der Waals surface area contributed by atoms with E-state index >= 15 is 0 Å². The number of para-hydroxylation sites is 2. The van der Waals surface area contributed by atoms with Crippen molar-refractivity contribution < 1.29 is 4.79 Å². The molecule has 3 rings (SSSR count). The molecule has 1 heterocycles. The molecule has 1 amide bonds. The van der Waals surface area contributed by atoms with E-state index in [1.165, 1.54) is 18.0 Å². The van der Waals surface area contributed by atoms with Crippen molar-refractivity contribution in [3.05, 3.63) is 65.2 Å². The standard InChI is InChI=1S/C18H15ClN4OS/c19-14(10-13-6-2-1-3-7-13)11-20-23-17(24)12-25-18-21-15-8-4-5-9-16(15)22-18/h1-11H,12H2,(H,21,22)(H,23,24)/b14-10+,20-11-. The summed E-state index contributed by atoms with van der Waals surface area (Å²) in [4.78, 5) is 19.4. The number of carbonyl (C=O) groups excluding carboxylic acids is 1. The number of carbonyl (C=O) groups is 1. The fraction of sp³-hybridized carbons (Fsp3) is 0.0556. The van der Waals surface area contributed by atoms with Gasteiger partial charge in [-0.2, -0.15) is 5.10 Å². The highest BCUT2D eigenvalue weighted by molar-refractivity contribution is 7.99. The average molecular weight is 371 g/mol. The number of benzene rings is 2. The van der Waals surface area contributed by atoms with Gasteiger partial charge in [0.25, 0.3) is 5.91 Å². The van der Waals surface area contributed by atoms with E-state index in [0.29, 0.717) is 10.2 Å². The Morgan fingerprint density at radius 3 is 2.76 bits per heavy atom. The van der Waals surface area contributed by atoms with Gasteiger partial charge >= 0.3 is 0 Å². The van der Waals surface area contributed by atoms with E-state index in [9.17, 15) is 4.79 Å². The largest absolute Gasteiger partial charge is 0.333 e. The number of halogens is 1. The summed E-state index contributed by atoms with van der Waals surface area (Å²) in [6.45, 7) is 0. The number of aromatic amines is 1. The van der Waals surface area contributed by atoms with Gasteiger partial charge in [0.2, 0.25) is 0 Å². The van der Waals surface area contributed by atoms with Crippen molar-refractivity contribution in [3.8, 4) is 0 Å².